The van der Waals surface area contributed by atoms with Gasteiger partial charge in [-0.05, 0) is 62.9 Å². The number of aliphatic carboxylic acids is 1. The summed E-state index contributed by atoms with van der Waals surface area (Å²) in [6, 6.07) is 2.18. The zero-order chi connectivity index (χ0) is 35.6. The maximum absolute atomic E-state index is 14.1. The fraction of sp³-hybridized carbons (Fsp3) is 0.618. The van der Waals surface area contributed by atoms with E-state index in [0.717, 1.165) is 12.8 Å². The van der Waals surface area contributed by atoms with E-state index in [2.05, 4.69) is 16.0 Å². The predicted octanol–water partition coefficient (Wildman–Crippen LogP) is 4.82. The molecule has 1 aliphatic rings. The number of hydrogen-bond donors (Lipinski definition) is 4. The summed E-state index contributed by atoms with van der Waals surface area (Å²) < 4.78 is 22.2. The molecule has 1 aromatic heterocycles. The second-order valence-corrected chi connectivity index (χ2v) is 13.2. The molecular formula is C34H51N5O7. The first-order chi connectivity index (χ1) is 22.7. The third kappa shape index (κ3) is 9.46. The molecule has 0 spiro atoms. The Morgan fingerprint density at radius 2 is 1.63 bits per heavy atom. The topological polar surface area (TPSA) is 159 Å². The summed E-state index contributed by atoms with van der Waals surface area (Å²) in [4.78, 5) is 67.7. The molecule has 3 rings (SSSR count). The average Bonchev–Trinajstić information content (AvgIpc) is 3.42. The van der Waals surface area contributed by atoms with E-state index in [9.17, 15) is 29.1 Å². The fourth-order valence-electron chi connectivity index (χ4n) is 5.84. The van der Waals surface area contributed by atoms with E-state index in [1.165, 1.54) is 22.8 Å². The second-order valence-electron chi connectivity index (χ2n) is 13.2. The maximum atomic E-state index is 14.1. The van der Waals surface area contributed by atoms with Crippen LogP contribution in [0.5, 0.6) is 0 Å². The zero-order valence-corrected chi connectivity index (χ0v) is 27.6. The Morgan fingerprint density at radius 3 is 2.22 bits per heavy atom. The minimum Gasteiger partial charge on any atom is -0.480 e. The molecule has 1 aromatic carbocycles. The van der Waals surface area contributed by atoms with Crippen molar-refractivity contribution in [3.05, 3.63) is 36.0 Å². The van der Waals surface area contributed by atoms with Gasteiger partial charge in [0.05, 0.1) is 12.6 Å². The summed E-state index contributed by atoms with van der Waals surface area (Å²) in [6.07, 6.45) is 4.56. The first-order valence-electron chi connectivity index (χ1n) is 17.3. The molecule has 1 saturated heterocycles. The van der Waals surface area contributed by atoms with Gasteiger partial charge in [-0.3, -0.25) is 14.2 Å². The number of rotatable bonds is 12. The van der Waals surface area contributed by atoms with E-state index in [4.69, 9.17) is 7.48 Å². The lowest BCUT2D eigenvalue weighted by atomic mass is 9.87. The molecule has 0 aliphatic carbocycles. The van der Waals surface area contributed by atoms with Crippen molar-refractivity contribution >= 4 is 40.8 Å². The van der Waals surface area contributed by atoms with Crippen LogP contribution in [0.1, 0.15) is 94.7 Å². The van der Waals surface area contributed by atoms with Gasteiger partial charge in [-0.25, -0.2) is 14.4 Å². The minimum absolute atomic E-state index is 0.0236. The van der Waals surface area contributed by atoms with Crippen LogP contribution in [0.2, 0.25) is 0 Å². The molecule has 0 radical (unpaired) electrons. The van der Waals surface area contributed by atoms with Crippen LogP contribution in [0.15, 0.2) is 30.5 Å². The lowest BCUT2D eigenvalue weighted by molar-refractivity contribution is -0.142. The third-order valence-electron chi connectivity index (χ3n) is 8.21. The summed E-state index contributed by atoms with van der Waals surface area (Å²) in [5, 5.41) is 18.7. The molecule has 1 aliphatic heterocycles. The van der Waals surface area contributed by atoms with Crippen LogP contribution >= 0.6 is 0 Å². The number of carbonyl (C=O) groups is 5. The number of benzene rings is 1. The number of para-hydroxylation sites is 1. The van der Waals surface area contributed by atoms with Gasteiger partial charge in [-0.2, -0.15) is 0 Å². The molecule has 254 valence electrons. The van der Waals surface area contributed by atoms with Crippen LogP contribution < -0.4 is 16.0 Å². The number of carboxylic acid groups (broad SMARTS) is 1. The summed E-state index contributed by atoms with van der Waals surface area (Å²) in [7, 11) is 1.25. The van der Waals surface area contributed by atoms with Gasteiger partial charge in [0.1, 0.15) is 18.1 Å². The molecule has 5 atom stereocenters. The molecular weight excluding hydrogens is 590 g/mol. The lowest BCUT2D eigenvalue weighted by Crippen LogP contribution is -2.60. The predicted molar refractivity (Wildman–Crippen MR) is 175 cm³/mol. The van der Waals surface area contributed by atoms with Crippen molar-refractivity contribution in [3.8, 4) is 0 Å². The van der Waals surface area contributed by atoms with Gasteiger partial charge in [0, 0.05) is 32.8 Å². The fourth-order valence-corrected chi connectivity index (χ4v) is 5.84. The summed E-state index contributed by atoms with van der Waals surface area (Å²) in [6.45, 7) is 7.60. The highest BCUT2D eigenvalue weighted by molar-refractivity contribution is 5.95. The van der Waals surface area contributed by atoms with Crippen LogP contribution in [-0.2, 0) is 25.5 Å². The molecule has 2 aromatic rings. The molecule has 0 bridgehead atoms. The van der Waals surface area contributed by atoms with Gasteiger partial charge >= 0.3 is 18.1 Å². The highest BCUT2D eigenvalue weighted by Gasteiger charge is 2.35. The average molecular weight is 644 g/mol. The second kappa shape index (κ2) is 16.0. The molecule has 12 heteroatoms. The Kier molecular flexibility index (Phi) is 11.5. The first-order valence-corrected chi connectivity index (χ1v) is 15.9. The molecule has 46 heavy (non-hydrogen) atoms. The van der Waals surface area contributed by atoms with Crippen molar-refractivity contribution in [2.24, 2.45) is 5.41 Å². The monoisotopic (exact) mass is 643 g/mol. The Hall–Kier alpha value is -4.09. The molecule has 2 heterocycles. The van der Waals surface area contributed by atoms with Crippen LogP contribution in [0, 0.1) is 5.41 Å². The number of nitrogens with one attached hydrogen (secondary N) is 3. The summed E-state index contributed by atoms with van der Waals surface area (Å²) in [5.74, 6) is -2.56. The van der Waals surface area contributed by atoms with Gasteiger partial charge in [-0.1, -0.05) is 58.7 Å². The van der Waals surface area contributed by atoms with Gasteiger partial charge in [0.25, 0.3) is 0 Å². The molecule has 0 unspecified atom stereocenters. The Bertz CT molecular complexity index is 1430. The number of piperidine rings is 1. The van der Waals surface area contributed by atoms with Crippen molar-refractivity contribution in [3.63, 3.8) is 0 Å². The summed E-state index contributed by atoms with van der Waals surface area (Å²) in [5.41, 5.74) is 0.642. The van der Waals surface area contributed by atoms with Crippen LogP contribution in [0.4, 0.5) is 9.59 Å². The number of urea groups is 1. The van der Waals surface area contributed by atoms with Gasteiger partial charge < -0.3 is 30.7 Å². The number of ether oxygens (including phenoxy) is 1. The van der Waals surface area contributed by atoms with E-state index >= 15 is 0 Å². The standard InChI is InChI=1S/C34H51N5O7/c1-8-9-16-25(31(42)43)35-29(40)26(18-23-20-38(33(45)46-7)28-17-11-10-15-24(23)28)36-30(41)27(19-34(4,5)6)37-32(44)39-21(2)13-12-14-22(39)3/h10-11,15,17,20-22,25-27H,8-9,12-14,16,18-19H2,1-7H3,(H,35,40)(H,36,41)(H,37,44)(H,42,43)/t21-,22+,25-,26-,27+/m1/s1/i2D,3D. The largest absolute Gasteiger partial charge is 0.480 e. The molecule has 1 fully saturated rings. The molecule has 4 N–H and O–H groups in total. The Morgan fingerprint density at radius 1 is 1.00 bits per heavy atom. The number of methoxy groups -OCH3 is 1. The van der Waals surface area contributed by atoms with Gasteiger partial charge in [-0.15, -0.1) is 0 Å². The zero-order valence-electron chi connectivity index (χ0n) is 29.6. The van der Waals surface area contributed by atoms with Crippen LogP contribution in [0.25, 0.3) is 10.9 Å². The van der Waals surface area contributed by atoms with E-state index < -0.39 is 53.4 Å². The number of aromatic nitrogens is 1. The van der Waals surface area contributed by atoms with Crippen molar-refractivity contribution in [2.45, 2.75) is 123 Å². The normalized spacial score (nSPS) is 19.3. The Labute approximate surface area is 274 Å². The Balaban J connectivity index is 1.98. The molecule has 0 saturated carbocycles. The molecule has 12 nitrogen and oxygen atoms in total. The van der Waals surface area contributed by atoms with Crippen molar-refractivity contribution in [1.82, 2.24) is 25.4 Å². The van der Waals surface area contributed by atoms with Crippen molar-refractivity contribution in [1.29, 1.82) is 0 Å². The lowest BCUT2D eigenvalue weighted by Gasteiger charge is -2.40. The summed E-state index contributed by atoms with van der Waals surface area (Å²) >= 11 is 0. The first kappa shape index (κ1) is 33.3. The van der Waals surface area contributed by atoms with Crippen LogP contribution in [-0.4, -0.2) is 81.8 Å². The highest BCUT2D eigenvalue weighted by atomic mass is 16.5. The van der Waals surface area contributed by atoms with E-state index in [1.54, 1.807) is 24.3 Å². The van der Waals surface area contributed by atoms with Gasteiger partial charge in [0.2, 0.25) is 11.8 Å². The molecule has 4 amide bonds. The van der Waals surface area contributed by atoms with Crippen molar-refractivity contribution < 1.29 is 36.6 Å². The van der Waals surface area contributed by atoms with Gasteiger partial charge in [0.15, 0.2) is 0 Å². The number of likely N-dealkylation sites (tertiary alicyclic amines) is 1. The smallest absolute Gasteiger partial charge is 0.418 e. The maximum Gasteiger partial charge on any atom is 0.418 e. The number of fused-ring (bicyclic) bond motifs is 1. The number of nitrogens with zero attached hydrogens (tertiary/aromatic N) is 2. The number of hydrogen-bond acceptors (Lipinski definition) is 6. The number of carboxylic acids is 1. The van der Waals surface area contributed by atoms with Crippen molar-refractivity contribution in [2.75, 3.05) is 7.11 Å². The quantitative estimate of drug-likeness (QED) is 0.258. The number of amides is 4. The van der Waals surface area contributed by atoms with E-state index in [-0.39, 0.29) is 45.1 Å². The minimum atomic E-state index is -1.27. The SMILES string of the molecule is [2H]C[C@@H]1CCC[C@H](C[2H])N1C(=O)N[C@@H](CC(C)(C)C)C(=O)N[C@H](Cc1cn(C(=O)OC)c2ccccc12)C(=O)N[C@H](CCCC)C(=O)O. The van der Waals surface area contributed by atoms with E-state index in [0.29, 0.717) is 35.7 Å². The van der Waals surface area contributed by atoms with E-state index in [1.807, 2.05) is 27.7 Å². The highest BCUT2D eigenvalue weighted by Crippen LogP contribution is 2.26. The van der Waals surface area contributed by atoms with Crippen LogP contribution in [0.3, 0.4) is 0 Å². The number of carbonyl (C=O) groups excluding carboxylic acids is 4. The third-order valence-corrected chi connectivity index (χ3v) is 8.21. The number of unbranched alkanes of at least 4 members (excludes halogenated alkanes) is 1.